The van der Waals surface area contributed by atoms with Crippen LogP contribution in [0.25, 0.3) is 22.6 Å². The standard InChI is InChI=1S/C18H14ClN3O3/c19-12-6-5-10(18-21-13-3-1-2-4-15(13)25-18)7-14(12)22-9-11(17(20)24)8-16(22)23/h1-7,11H,8-9H2,(H2,20,24). The second-order valence-corrected chi connectivity index (χ2v) is 6.37. The van der Waals surface area contributed by atoms with Crippen LogP contribution in [0, 0.1) is 5.92 Å². The molecule has 2 amide bonds. The summed E-state index contributed by atoms with van der Waals surface area (Å²) < 4.78 is 5.77. The molecular formula is C18H14ClN3O3. The molecule has 0 radical (unpaired) electrons. The van der Waals surface area contributed by atoms with Crippen LogP contribution in [0.3, 0.4) is 0 Å². The third kappa shape index (κ3) is 2.74. The minimum atomic E-state index is -0.503. The Morgan fingerprint density at radius 2 is 2.08 bits per heavy atom. The summed E-state index contributed by atoms with van der Waals surface area (Å²) in [7, 11) is 0. The number of anilines is 1. The van der Waals surface area contributed by atoms with Crippen molar-refractivity contribution in [3.05, 3.63) is 47.5 Å². The van der Waals surface area contributed by atoms with Crippen molar-refractivity contribution in [1.29, 1.82) is 0 Å². The van der Waals surface area contributed by atoms with Crippen LogP contribution >= 0.6 is 11.6 Å². The molecule has 1 fully saturated rings. The third-order valence-corrected chi connectivity index (χ3v) is 4.62. The maximum absolute atomic E-state index is 12.3. The molecule has 4 rings (SSSR count). The summed E-state index contributed by atoms with van der Waals surface area (Å²) in [6, 6.07) is 12.7. The zero-order valence-electron chi connectivity index (χ0n) is 13.1. The molecule has 2 N–H and O–H groups in total. The number of carbonyl (C=O) groups excluding carboxylic acids is 2. The van der Waals surface area contributed by atoms with Crippen molar-refractivity contribution in [1.82, 2.24) is 4.98 Å². The summed E-state index contributed by atoms with van der Waals surface area (Å²) >= 11 is 6.27. The van der Waals surface area contributed by atoms with E-state index in [1.54, 1.807) is 18.2 Å². The molecule has 1 unspecified atom stereocenters. The predicted molar refractivity (Wildman–Crippen MR) is 94.1 cm³/mol. The normalized spacial score (nSPS) is 17.4. The minimum absolute atomic E-state index is 0.0960. The summed E-state index contributed by atoms with van der Waals surface area (Å²) in [5, 5.41) is 0.415. The molecule has 7 heteroatoms. The summed E-state index contributed by atoms with van der Waals surface area (Å²) in [5.74, 6) is -0.726. The molecule has 2 heterocycles. The van der Waals surface area contributed by atoms with Gasteiger partial charge in [-0.05, 0) is 30.3 Å². The molecule has 0 saturated carbocycles. The van der Waals surface area contributed by atoms with Crippen LogP contribution in [0.15, 0.2) is 46.9 Å². The van der Waals surface area contributed by atoms with Gasteiger partial charge in [-0.3, -0.25) is 9.59 Å². The number of aromatic nitrogens is 1. The lowest BCUT2D eigenvalue weighted by atomic mass is 10.1. The molecule has 25 heavy (non-hydrogen) atoms. The number of amides is 2. The smallest absolute Gasteiger partial charge is 0.227 e. The van der Waals surface area contributed by atoms with Gasteiger partial charge in [-0.25, -0.2) is 4.98 Å². The summed E-state index contributed by atoms with van der Waals surface area (Å²) in [4.78, 5) is 29.6. The zero-order chi connectivity index (χ0) is 17.6. The number of rotatable bonds is 3. The van der Waals surface area contributed by atoms with E-state index >= 15 is 0 Å². The minimum Gasteiger partial charge on any atom is -0.436 e. The maximum atomic E-state index is 12.3. The number of fused-ring (bicyclic) bond motifs is 1. The van der Waals surface area contributed by atoms with Crippen molar-refractivity contribution in [2.75, 3.05) is 11.4 Å². The van der Waals surface area contributed by atoms with Crippen LogP contribution in [0.1, 0.15) is 6.42 Å². The van der Waals surface area contributed by atoms with Crippen LogP contribution in [-0.4, -0.2) is 23.3 Å². The number of carbonyl (C=O) groups is 2. The second kappa shape index (κ2) is 5.89. The van der Waals surface area contributed by atoms with E-state index in [-0.39, 0.29) is 18.9 Å². The van der Waals surface area contributed by atoms with Crippen molar-refractivity contribution in [3.8, 4) is 11.5 Å². The SMILES string of the molecule is NC(=O)C1CC(=O)N(c2cc(-c3nc4ccccc4o3)ccc2Cl)C1. The first-order valence-electron chi connectivity index (χ1n) is 7.78. The van der Waals surface area contributed by atoms with Gasteiger partial charge in [0.1, 0.15) is 5.52 Å². The van der Waals surface area contributed by atoms with E-state index < -0.39 is 11.8 Å². The number of primary amides is 1. The van der Waals surface area contributed by atoms with Gasteiger partial charge in [0.25, 0.3) is 0 Å². The lowest BCUT2D eigenvalue weighted by Crippen LogP contribution is -2.28. The van der Waals surface area contributed by atoms with Crippen LogP contribution < -0.4 is 10.6 Å². The van der Waals surface area contributed by atoms with Crippen LogP contribution in [0.4, 0.5) is 5.69 Å². The highest BCUT2D eigenvalue weighted by Crippen LogP contribution is 2.35. The Balaban J connectivity index is 1.74. The number of benzene rings is 2. The molecule has 1 aliphatic rings. The first-order valence-corrected chi connectivity index (χ1v) is 8.16. The highest BCUT2D eigenvalue weighted by molar-refractivity contribution is 6.34. The molecule has 0 bridgehead atoms. The predicted octanol–water partition coefficient (Wildman–Crippen LogP) is 2.99. The molecule has 1 atom stereocenters. The van der Waals surface area contributed by atoms with E-state index in [4.69, 9.17) is 21.8 Å². The molecule has 0 aliphatic carbocycles. The van der Waals surface area contributed by atoms with E-state index in [2.05, 4.69) is 4.98 Å². The monoisotopic (exact) mass is 355 g/mol. The van der Waals surface area contributed by atoms with E-state index in [9.17, 15) is 9.59 Å². The van der Waals surface area contributed by atoms with Crippen molar-refractivity contribution >= 4 is 40.2 Å². The Bertz CT molecular complexity index is 965. The van der Waals surface area contributed by atoms with Gasteiger partial charge in [0.2, 0.25) is 17.7 Å². The van der Waals surface area contributed by atoms with Crippen LogP contribution in [-0.2, 0) is 9.59 Å². The van der Waals surface area contributed by atoms with E-state index in [1.807, 2.05) is 24.3 Å². The van der Waals surface area contributed by atoms with Gasteiger partial charge in [-0.2, -0.15) is 0 Å². The van der Waals surface area contributed by atoms with Gasteiger partial charge < -0.3 is 15.1 Å². The van der Waals surface area contributed by atoms with E-state index in [1.165, 1.54) is 4.90 Å². The molecule has 6 nitrogen and oxygen atoms in total. The Morgan fingerprint density at radius 3 is 2.80 bits per heavy atom. The van der Waals surface area contributed by atoms with Gasteiger partial charge in [-0.15, -0.1) is 0 Å². The highest BCUT2D eigenvalue weighted by atomic mass is 35.5. The number of nitrogens with zero attached hydrogens (tertiary/aromatic N) is 2. The average molecular weight is 356 g/mol. The van der Waals surface area contributed by atoms with Gasteiger partial charge in [0.05, 0.1) is 16.6 Å². The van der Waals surface area contributed by atoms with E-state index in [0.717, 1.165) is 5.52 Å². The van der Waals surface area contributed by atoms with Crippen molar-refractivity contribution in [2.24, 2.45) is 11.7 Å². The number of hydrogen-bond acceptors (Lipinski definition) is 4. The largest absolute Gasteiger partial charge is 0.436 e. The quantitative estimate of drug-likeness (QED) is 0.782. The fraction of sp³-hybridized carbons (Fsp3) is 0.167. The zero-order valence-corrected chi connectivity index (χ0v) is 13.9. The summed E-state index contributed by atoms with van der Waals surface area (Å²) in [6.07, 6.45) is 0.0960. The third-order valence-electron chi connectivity index (χ3n) is 4.31. The molecule has 1 aliphatic heterocycles. The van der Waals surface area contributed by atoms with Crippen LogP contribution in [0.5, 0.6) is 0 Å². The van der Waals surface area contributed by atoms with Crippen molar-refractivity contribution in [3.63, 3.8) is 0 Å². The molecule has 126 valence electrons. The van der Waals surface area contributed by atoms with Gasteiger partial charge in [0.15, 0.2) is 5.58 Å². The average Bonchev–Trinajstić information content (AvgIpc) is 3.19. The topological polar surface area (TPSA) is 89.4 Å². The Morgan fingerprint density at radius 1 is 1.28 bits per heavy atom. The number of oxazole rings is 1. The fourth-order valence-corrected chi connectivity index (χ4v) is 3.20. The lowest BCUT2D eigenvalue weighted by molar-refractivity contribution is -0.123. The Labute approximate surface area is 148 Å². The Hall–Kier alpha value is -2.86. The van der Waals surface area contributed by atoms with E-state index in [0.29, 0.717) is 27.7 Å². The van der Waals surface area contributed by atoms with Crippen molar-refractivity contribution in [2.45, 2.75) is 6.42 Å². The molecule has 1 saturated heterocycles. The number of hydrogen-bond donors (Lipinski definition) is 1. The highest BCUT2D eigenvalue weighted by Gasteiger charge is 2.35. The fourth-order valence-electron chi connectivity index (χ4n) is 2.98. The van der Waals surface area contributed by atoms with Gasteiger partial charge >= 0.3 is 0 Å². The maximum Gasteiger partial charge on any atom is 0.227 e. The number of para-hydroxylation sites is 2. The molecule has 1 aromatic heterocycles. The number of halogens is 1. The molecule has 2 aromatic carbocycles. The second-order valence-electron chi connectivity index (χ2n) is 5.96. The lowest BCUT2D eigenvalue weighted by Gasteiger charge is -2.18. The number of nitrogens with two attached hydrogens (primary N) is 1. The van der Waals surface area contributed by atoms with Crippen molar-refractivity contribution < 1.29 is 14.0 Å². The molecular weight excluding hydrogens is 342 g/mol. The van der Waals surface area contributed by atoms with Gasteiger partial charge in [0, 0.05) is 18.5 Å². The molecule has 3 aromatic rings. The summed E-state index contributed by atoms with van der Waals surface area (Å²) in [6.45, 7) is 0.227. The molecule has 0 spiro atoms. The summed E-state index contributed by atoms with van der Waals surface area (Å²) in [5.41, 5.74) is 7.98. The Kier molecular flexibility index (Phi) is 3.69. The first-order chi connectivity index (χ1) is 12.0. The van der Waals surface area contributed by atoms with Gasteiger partial charge in [-0.1, -0.05) is 23.7 Å². The first kappa shape index (κ1) is 15.7. The van der Waals surface area contributed by atoms with Crippen LogP contribution in [0.2, 0.25) is 5.02 Å².